The average molecular weight is 344 g/mol. The second-order valence-electron chi connectivity index (χ2n) is 7.38. The molecule has 25 heavy (non-hydrogen) atoms. The Kier molecular flexibility index (Phi) is 6.08. The minimum atomic E-state index is -0.822. The van der Waals surface area contributed by atoms with Crippen molar-refractivity contribution in [3.8, 4) is 0 Å². The van der Waals surface area contributed by atoms with Crippen LogP contribution in [0.1, 0.15) is 44.1 Å². The first-order chi connectivity index (χ1) is 12.1. The Morgan fingerprint density at radius 3 is 2.28 bits per heavy atom. The number of benzene rings is 1. The fourth-order valence-corrected chi connectivity index (χ4v) is 4.13. The van der Waals surface area contributed by atoms with Crippen molar-refractivity contribution < 1.29 is 14.7 Å². The molecule has 136 valence electrons. The Bertz CT molecular complexity index is 582. The number of hydrogen-bond donors (Lipinski definition) is 2. The van der Waals surface area contributed by atoms with Crippen LogP contribution in [0.25, 0.3) is 0 Å². The molecule has 1 saturated heterocycles. The van der Waals surface area contributed by atoms with Gasteiger partial charge in [0, 0.05) is 25.7 Å². The van der Waals surface area contributed by atoms with E-state index < -0.39 is 11.9 Å². The Morgan fingerprint density at radius 2 is 1.64 bits per heavy atom. The van der Waals surface area contributed by atoms with E-state index in [-0.39, 0.29) is 17.9 Å². The third-order valence-electron chi connectivity index (χ3n) is 5.60. The summed E-state index contributed by atoms with van der Waals surface area (Å²) in [6.07, 6.45) is 5.07. The van der Waals surface area contributed by atoms with Crippen LogP contribution in [0.2, 0.25) is 0 Å². The molecule has 0 aromatic heterocycles. The van der Waals surface area contributed by atoms with Gasteiger partial charge in [0.2, 0.25) is 5.91 Å². The average Bonchev–Trinajstić information content (AvgIpc) is 2.64. The third kappa shape index (κ3) is 4.82. The van der Waals surface area contributed by atoms with Crippen LogP contribution in [0.5, 0.6) is 0 Å². The number of piperidine rings is 1. The van der Waals surface area contributed by atoms with Crippen molar-refractivity contribution in [3.05, 3.63) is 35.9 Å². The lowest BCUT2D eigenvalue weighted by Crippen LogP contribution is -2.48. The van der Waals surface area contributed by atoms with E-state index in [0.717, 1.165) is 45.3 Å². The number of nitrogens with zero attached hydrogens (tertiary/aromatic N) is 1. The van der Waals surface area contributed by atoms with Gasteiger partial charge in [-0.3, -0.25) is 14.5 Å². The SMILES string of the molecule is O=C(O)[C@H]1CCCC[C@H]1C(=O)NC1CCN(Cc2ccccc2)CC1. The number of carbonyl (C=O) groups is 2. The van der Waals surface area contributed by atoms with E-state index in [0.29, 0.717) is 12.8 Å². The number of aliphatic carboxylic acids is 1. The summed E-state index contributed by atoms with van der Waals surface area (Å²) in [7, 11) is 0. The molecule has 1 amide bonds. The van der Waals surface area contributed by atoms with E-state index in [1.165, 1.54) is 5.56 Å². The van der Waals surface area contributed by atoms with Crippen LogP contribution >= 0.6 is 0 Å². The summed E-state index contributed by atoms with van der Waals surface area (Å²) in [6, 6.07) is 10.6. The van der Waals surface area contributed by atoms with Crippen molar-refractivity contribution in [2.75, 3.05) is 13.1 Å². The number of nitrogens with one attached hydrogen (secondary N) is 1. The second-order valence-corrected chi connectivity index (χ2v) is 7.38. The second kappa shape index (κ2) is 8.48. The van der Waals surface area contributed by atoms with Gasteiger partial charge < -0.3 is 10.4 Å². The maximum absolute atomic E-state index is 12.6. The van der Waals surface area contributed by atoms with Crippen LogP contribution in [-0.4, -0.2) is 41.0 Å². The van der Waals surface area contributed by atoms with Gasteiger partial charge in [-0.2, -0.15) is 0 Å². The van der Waals surface area contributed by atoms with Crippen molar-refractivity contribution in [3.63, 3.8) is 0 Å². The number of amides is 1. The van der Waals surface area contributed by atoms with Crippen LogP contribution in [0, 0.1) is 11.8 Å². The van der Waals surface area contributed by atoms with Crippen molar-refractivity contribution in [2.45, 2.75) is 51.1 Å². The molecule has 2 fully saturated rings. The fourth-order valence-electron chi connectivity index (χ4n) is 4.13. The lowest BCUT2D eigenvalue weighted by atomic mass is 9.78. The predicted molar refractivity (Wildman–Crippen MR) is 96.0 cm³/mol. The molecule has 5 heteroatoms. The molecule has 2 atom stereocenters. The monoisotopic (exact) mass is 344 g/mol. The lowest BCUT2D eigenvalue weighted by molar-refractivity contribution is -0.149. The van der Waals surface area contributed by atoms with Gasteiger partial charge in [0.05, 0.1) is 11.8 Å². The molecule has 2 N–H and O–H groups in total. The zero-order valence-corrected chi connectivity index (χ0v) is 14.7. The van der Waals surface area contributed by atoms with Crippen molar-refractivity contribution in [2.24, 2.45) is 11.8 Å². The van der Waals surface area contributed by atoms with E-state index in [1.54, 1.807) is 0 Å². The zero-order valence-electron chi connectivity index (χ0n) is 14.7. The molecule has 3 rings (SSSR count). The summed E-state index contributed by atoms with van der Waals surface area (Å²) in [5.41, 5.74) is 1.32. The maximum Gasteiger partial charge on any atom is 0.307 e. The molecule has 0 unspecified atom stereocenters. The topological polar surface area (TPSA) is 69.6 Å². The van der Waals surface area contributed by atoms with Crippen LogP contribution in [-0.2, 0) is 16.1 Å². The van der Waals surface area contributed by atoms with Crippen LogP contribution in [0.3, 0.4) is 0 Å². The molecule has 2 aliphatic rings. The number of hydrogen-bond acceptors (Lipinski definition) is 3. The molecule has 5 nitrogen and oxygen atoms in total. The van der Waals surface area contributed by atoms with Gasteiger partial charge in [0.1, 0.15) is 0 Å². The number of carboxylic acid groups (broad SMARTS) is 1. The lowest BCUT2D eigenvalue weighted by Gasteiger charge is -2.34. The van der Waals surface area contributed by atoms with Gasteiger partial charge in [-0.1, -0.05) is 43.2 Å². The molecular weight excluding hydrogens is 316 g/mol. The first-order valence-electron chi connectivity index (χ1n) is 9.43. The van der Waals surface area contributed by atoms with Gasteiger partial charge in [-0.05, 0) is 31.2 Å². The number of likely N-dealkylation sites (tertiary alicyclic amines) is 1. The van der Waals surface area contributed by atoms with Crippen molar-refractivity contribution >= 4 is 11.9 Å². The summed E-state index contributed by atoms with van der Waals surface area (Å²) in [4.78, 5) is 26.4. The van der Waals surface area contributed by atoms with E-state index in [4.69, 9.17) is 0 Å². The molecule has 1 aromatic carbocycles. The van der Waals surface area contributed by atoms with Gasteiger partial charge in [0.15, 0.2) is 0 Å². The first-order valence-corrected chi connectivity index (χ1v) is 9.43. The molecule has 0 spiro atoms. The quantitative estimate of drug-likeness (QED) is 0.862. The molecule has 1 heterocycles. The predicted octanol–water partition coefficient (Wildman–Crippen LogP) is 2.66. The van der Waals surface area contributed by atoms with Gasteiger partial charge in [-0.25, -0.2) is 0 Å². The molecule has 0 radical (unpaired) electrons. The molecular formula is C20H28N2O3. The highest BCUT2D eigenvalue weighted by Crippen LogP contribution is 2.30. The highest BCUT2D eigenvalue weighted by atomic mass is 16.4. The van der Waals surface area contributed by atoms with Crippen molar-refractivity contribution in [1.82, 2.24) is 10.2 Å². The summed E-state index contributed by atoms with van der Waals surface area (Å²) in [6.45, 7) is 2.88. The first kappa shape index (κ1) is 17.9. The molecule has 1 aliphatic carbocycles. The Labute approximate surface area is 149 Å². The number of rotatable bonds is 5. The van der Waals surface area contributed by atoms with Gasteiger partial charge in [0.25, 0.3) is 0 Å². The summed E-state index contributed by atoms with van der Waals surface area (Å²) in [5, 5.41) is 12.5. The van der Waals surface area contributed by atoms with Gasteiger partial charge in [-0.15, -0.1) is 0 Å². The minimum absolute atomic E-state index is 0.0476. The summed E-state index contributed by atoms with van der Waals surface area (Å²) < 4.78 is 0. The Balaban J connectivity index is 1.46. The zero-order chi connectivity index (χ0) is 17.6. The maximum atomic E-state index is 12.6. The molecule has 1 aromatic rings. The van der Waals surface area contributed by atoms with Crippen LogP contribution in [0.15, 0.2) is 30.3 Å². The molecule has 1 aliphatic heterocycles. The number of carboxylic acids is 1. The normalized spacial score (nSPS) is 25.4. The third-order valence-corrected chi connectivity index (χ3v) is 5.60. The highest BCUT2D eigenvalue weighted by molar-refractivity contribution is 5.85. The largest absolute Gasteiger partial charge is 0.481 e. The smallest absolute Gasteiger partial charge is 0.307 e. The Hall–Kier alpha value is -1.88. The van der Waals surface area contributed by atoms with Crippen LogP contribution in [0.4, 0.5) is 0 Å². The molecule has 1 saturated carbocycles. The highest BCUT2D eigenvalue weighted by Gasteiger charge is 2.36. The Morgan fingerprint density at radius 1 is 1.00 bits per heavy atom. The summed E-state index contributed by atoms with van der Waals surface area (Å²) >= 11 is 0. The van der Waals surface area contributed by atoms with E-state index in [2.05, 4.69) is 34.5 Å². The van der Waals surface area contributed by atoms with E-state index in [9.17, 15) is 14.7 Å². The number of carbonyl (C=O) groups excluding carboxylic acids is 1. The van der Waals surface area contributed by atoms with Crippen molar-refractivity contribution in [1.29, 1.82) is 0 Å². The fraction of sp³-hybridized carbons (Fsp3) is 0.600. The standard InChI is InChI=1S/C20H28N2O3/c23-19(17-8-4-5-9-18(17)20(24)25)21-16-10-12-22(13-11-16)14-15-6-2-1-3-7-15/h1-3,6-7,16-18H,4-5,8-14H2,(H,21,23)(H,24,25)/t17-,18+/m1/s1. The minimum Gasteiger partial charge on any atom is -0.481 e. The molecule has 0 bridgehead atoms. The van der Waals surface area contributed by atoms with E-state index in [1.807, 2.05) is 6.07 Å². The van der Waals surface area contributed by atoms with E-state index >= 15 is 0 Å². The van der Waals surface area contributed by atoms with Gasteiger partial charge >= 0.3 is 5.97 Å². The van der Waals surface area contributed by atoms with Crippen LogP contribution < -0.4 is 5.32 Å². The summed E-state index contributed by atoms with van der Waals surface area (Å²) in [5.74, 6) is -1.73.